The average molecular weight is 565 g/mol. The van der Waals surface area contributed by atoms with Crippen molar-refractivity contribution >= 4 is 44.9 Å². The molecule has 1 aliphatic heterocycles. The molecule has 0 aromatic heterocycles. The van der Waals surface area contributed by atoms with Crippen LogP contribution in [0.15, 0.2) is 47.4 Å². The van der Waals surface area contributed by atoms with Crippen LogP contribution in [0.1, 0.15) is 50.5 Å². The van der Waals surface area contributed by atoms with Crippen molar-refractivity contribution in [2.24, 2.45) is 5.92 Å². The second-order valence-corrected chi connectivity index (χ2v) is 13.0. The normalized spacial score (nSPS) is 17.1. The number of halogens is 1. The first-order valence-electron chi connectivity index (χ1n) is 12.2. The Labute approximate surface area is 228 Å². The van der Waals surface area contributed by atoms with Crippen molar-refractivity contribution in [3.63, 3.8) is 0 Å². The summed E-state index contributed by atoms with van der Waals surface area (Å²) in [5.41, 5.74) is 0.0691. The van der Waals surface area contributed by atoms with Gasteiger partial charge < -0.3 is 19.7 Å². The molecule has 1 N–H and O–H groups in total. The molecular formula is C27H33ClN2O7S. The van der Waals surface area contributed by atoms with E-state index in [9.17, 15) is 22.8 Å². The lowest BCUT2D eigenvalue weighted by molar-refractivity contribution is -0.120. The minimum atomic E-state index is -4.05. The Morgan fingerprint density at radius 1 is 1.13 bits per heavy atom. The Morgan fingerprint density at radius 3 is 2.39 bits per heavy atom. The molecule has 1 atom stereocenters. The van der Waals surface area contributed by atoms with E-state index in [1.807, 2.05) is 13.8 Å². The van der Waals surface area contributed by atoms with Crippen molar-refractivity contribution in [2.75, 3.05) is 23.9 Å². The number of hydrogen-bond donors (Lipinski definition) is 1. The number of alkyl carbamates (subject to hydrolysis) is 1. The fraction of sp³-hybridized carbons (Fsp3) is 0.444. The van der Waals surface area contributed by atoms with Crippen molar-refractivity contribution in [3.8, 4) is 0 Å². The lowest BCUT2D eigenvalue weighted by Gasteiger charge is -2.27. The van der Waals surface area contributed by atoms with Crippen molar-refractivity contribution < 1.29 is 32.3 Å². The zero-order valence-electron chi connectivity index (χ0n) is 22.1. The molecule has 0 saturated carbocycles. The van der Waals surface area contributed by atoms with E-state index < -0.39 is 39.2 Å². The average Bonchev–Trinajstić information content (AvgIpc) is 2.87. The van der Waals surface area contributed by atoms with Crippen molar-refractivity contribution in [1.29, 1.82) is 0 Å². The number of ether oxygens (including phenoxy) is 2. The molecule has 0 aliphatic carbocycles. The molecule has 3 rings (SSSR count). The highest BCUT2D eigenvalue weighted by Crippen LogP contribution is 2.33. The largest absolute Gasteiger partial charge is 0.444 e. The summed E-state index contributed by atoms with van der Waals surface area (Å²) in [5.74, 6) is -1.44. The van der Waals surface area contributed by atoms with Gasteiger partial charge in [0.25, 0.3) is 5.91 Å². The molecule has 0 saturated heterocycles. The molecule has 206 valence electrons. The van der Waals surface area contributed by atoms with Crippen LogP contribution in [-0.4, -0.2) is 56.8 Å². The molecule has 0 unspecified atom stereocenters. The van der Waals surface area contributed by atoms with Gasteiger partial charge in [0.15, 0.2) is 15.6 Å². The zero-order chi connectivity index (χ0) is 28.3. The first-order valence-corrected chi connectivity index (χ1v) is 14.2. The Kier molecular flexibility index (Phi) is 9.22. The van der Waals surface area contributed by atoms with Gasteiger partial charge in [-0.25, -0.2) is 13.2 Å². The number of anilines is 1. The van der Waals surface area contributed by atoms with Gasteiger partial charge in [-0.15, -0.1) is 0 Å². The highest BCUT2D eigenvalue weighted by molar-refractivity contribution is 7.91. The third-order valence-electron chi connectivity index (χ3n) is 5.49. The van der Waals surface area contributed by atoms with Gasteiger partial charge >= 0.3 is 6.09 Å². The lowest BCUT2D eigenvalue weighted by atomic mass is 10.1. The van der Waals surface area contributed by atoms with Crippen LogP contribution >= 0.6 is 11.6 Å². The quantitative estimate of drug-likeness (QED) is 0.472. The molecule has 2 aromatic rings. The summed E-state index contributed by atoms with van der Waals surface area (Å²) in [6.45, 7) is 9.08. The highest BCUT2D eigenvalue weighted by Gasteiger charge is 2.39. The smallest absolute Gasteiger partial charge is 0.408 e. The van der Waals surface area contributed by atoms with Crippen molar-refractivity contribution in [1.82, 2.24) is 5.32 Å². The topological polar surface area (TPSA) is 119 Å². The van der Waals surface area contributed by atoms with Gasteiger partial charge in [0.1, 0.15) is 18.2 Å². The number of amides is 2. The molecule has 0 fully saturated rings. The van der Waals surface area contributed by atoms with Gasteiger partial charge in [-0.2, -0.15) is 0 Å². The van der Waals surface area contributed by atoms with Crippen LogP contribution < -0.4 is 10.2 Å². The number of carbonyl (C=O) groups excluding carboxylic acids is 3. The number of carbonyl (C=O) groups is 3. The standard InChI is InChI=1S/C27H33ClN2O7S/c1-17(2)14-36-15-23(31)19-8-11-24-22(12-19)30(13-18-6-9-20(28)10-7-18)25(32)21(16-38(24,34)35)29-26(33)37-27(3,4)5/h6-12,17,21H,13-16H2,1-5H3,(H,29,33)/t21-/m0/s1. The SMILES string of the molecule is CC(C)COCC(=O)c1ccc2c(c1)N(Cc1ccc(Cl)cc1)C(=O)[C@@H](NC(=O)OC(C)(C)C)CS2(=O)=O. The summed E-state index contributed by atoms with van der Waals surface area (Å²) >= 11 is 6.01. The van der Waals surface area contributed by atoms with Crippen LogP contribution in [0.4, 0.5) is 10.5 Å². The number of nitrogens with one attached hydrogen (secondary N) is 1. The van der Waals surface area contributed by atoms with E-state index in [4.69, 9.17) is 21.1 Å². The predicted molar refractivity (Wildman–Crippen MR) is 144 cm³/mol. The van der Waals surface area contributed by atoms with Crippen molar-refractivity contribution in [3.05, 3.63) is 58.6 Å². The zero-order valence-corrected chi connectivity index (χ0v) is 23.7. The summed E-state index contributed by atoms with van der Waals surface area (Å²) in [6.07, 6.45) is -0.915. The molecule has 0 bridgehead atoms. The molecule has 1 aliphatic rings. The molecule has 0 spiro atoms. The van der Waals surface area contributed by atoms with Gasteiger partial charge in [0.2, 0.25) is 0 Å². The maximum Gasteiger partial charge on any atom is 0.408 e. The van der Waals surface area contributed by atoms with Crippen LogP contribution in [0.3, 0.4) is 0 Å². The minimum absolute atomic E-state index is 0.0213. The van der Waals surface area contributed by atoms with E-state index in [1.54, 1.807) is 45.0 Å². The van der Waals surface area contributed by atoms with E-state index in [0.29, 0.717) is 17.2 Å². The summed E-state index contributed by atoms with van der Waals surface area (Å²) in [7, 11) is -4.05. The minimum Gasteiger partial charge on any atom is -0.444 e. The molecule has 9 nitrogen and oxygen atoms in total. The second-order valence-electron chi connectivity index (χ2n) is 10.5. The van der Waals surface area contributed by atoms with Crippen LogP contribution in [0, 0.1) is 5.92 Å². The number of ketones is 1. The molecule has 1 heterocycles. The van der Waals surface area contributed by atoms with Crippen LogP contribution in [0.5, 0.6) is 0 Å². The maximum atomic E-state index is 13.8. The summed E-state index contributed by atoms with van der Waals surface area (Å²) in [4.78, 5) is 40.2. The Morgan fingerprint density at radius 2 is 1.79 bits per heavy atom. The van der Waals surface area contributed by atoms with Crippen LogP contribution in [0.2, 0.25) is 5.02 Å². The van der Waals surface area contributed by atoms with E-state index in [0.717, 1.165) is 0 Å². The van der Waals surface area contributed by atoms with Gasteiger partial charge in [-0.3, -0.25) is 9.59 Å². The highest BCUT2D eigenvalue weighted by atomic mass is 35.5. The van der Waals surface area contributed by atoms with Gasteiger partial charge in [-0.1, -0.05) is 37.6 Å². The number of Topliss-reactive ketones (excluding diaryl/α,β-unsaturated/α-hetero) is 1. The Hall–Kier alpha value is -2.95. The second kappa shape index (κ2) is 11.8. The van der Waals surface area contributed by atoms with E-state index >= 15 is 0 Å². The summed E-state index contributed by atoms with van der Waals surface area (Å²) in [5, 5.41) is 2.91. The molecule has 0 radical (unpaired) electrons. The van der Waals surface area contributed by atoms with Crippen LogP contribution in [-0.2, 0) is 30.7 Å². The predicted octanol–water partition coefficient (Wildman–Crippen LogP) is 4.41. The summed E-state index contributed by atoms with van der Waals surface area (Å²) in [6, 6.07) is 9.42. The molecule has 11 heteroatoms. The number of benzene rings is 2. The number of fused-ring (bicyclic) bond motifs is 1. The molecule has 2 aromatic carbocycles. The molecule has 38 heavy (non-hydrogen) atoms. The van der Waals surface area contributed by atoms with Gasteiger partial charge in [0, 0.05) is 17.2 Å². The Balaban J connectivity index is 2.04. The maximum absolute atomic E-state index is 13.8. The van der Waals surface area contributed by atoms with Crippen LogP contribution in [0.25, 0.3) is 0 Å². The first-order chi connectivity index (χ1) is 17.7. The third kappa shape index (κ3) is 7.78. The fourth-order valence-electron chi connectivity index (χ4n) is 3.81. The summed E-state index contributed by atoms with van der Waals surface area (Å²) < 4.78 is 37.5. The number of sulfone groups is 1. The van der Waals surface area contributed by atoms with Gasteiger partial charge in [0.05, 0.1) is 22.9 Å². The monoisotopic (exact) mass is 564 g/mol. The number of hydrogen-bond acceptors (Lipinski definition) is 7. The third-order valence-corrected chi connectivity index (χ3v) is 7.53. The van der Waals surface area contributed by atoms with E-state index in [2.05, 4.69) is 5.32 Å². The number of nitrogens with zero attached hydrogens (tertiary/aromatic N) is 1. The first kappa shape index (κ1) is 29.6. The van der Waals surface area contributed by atoms with Crippen molar-refractivity contribution in [2.45, 2.75) is 57.7 Å². The van der Waals surface area contributed by atoms with E-state index in [-0.39, 0.29) is 41.0 Å². The Bertz CT molecular complexity index is 1300. The fourth-order valence-corrected chi connectivity index (χ4v) is 5.54. The van der Waals surface area contributed by atoms with E-state index in [1.165, 1.54) is 23.1 Å². The lowest BCUT2D eigenvalue weighted by Crippen LogP contribution is -2.51. The van der Waals surface area contributed by atoms with Gasteiger partial charge in [-0.05, 0) is 62.6 Å². The molecule has 2 amide bonds. The number of rotatable bonds is 8. The molecular weight excluding hydrogens is 532 g/mol.